The largest absolute Gasteiger partial charge is 0.374 e. The minimum absolute atomic E-state index is 0.0215. The first-order valence-electron chi connectivity index (χ1n) is 7.74. The van der Waals surface area contributed by atoms with Gasteiger partial charge in [0.25, 0.3) is 0 Å². The minimum Gasteiger partial charge on any atom is -0.374 e. The van der Waals surface area contributed by atoms with Crippen LogP contribution in [0.4, 0.5) is 10.8 Å². The van der Waals surface area contributed by atoms with Gasteiger partial charge in [-0.3, -0.25) is 4.79 Å². The predicted octanol–water partition coefficient (Wildman–Crippen LogP) is 3.75. The first-order valence-corrected chi connectivity index (χ1v) is 9.55. The van der Waals surface area contributed by atoms with E-state index in [1.54, 1.807) is 4.90 Å². The third-order valence-electron chi connectivity index (χ3n) is 3.54. The maximum absolute atomic E-state index is 12.9. The Morgan fingerprint density at radius 3 is 2.64 bits per heavy atom. The Labute approximate surface area is 154 Å². The van der Waals surface area contributed by atoms with Crippen molar-refractivity contribution in [2.75, 3.05) is 16.4 Å². The smallest absolute Gasteiger partial charge is 0.237 e. The molecule has 0 spiro atoms. The van der Waals surface area contributed by atoms with Crippen LogP contribution in [0.15, 0.2) is 58.9 Å². The number of carbonyl (C=O) groups excluding carboxylic acids is 1. The first-order chi connectivity index (χ1) is 12.1. The summed E-state index contributed by atoms with van der Waals surface area (Å²) in [5, 5.41) is 8.14. The quantitative estimate of drug-likeness (QED) is 0.669. The molecular formula is C18H18N4OS2. The topological polar surface area (TPSA) is 72.1 Å². The molecule has 2 N–H and O–H groups in total. The third kappa shape index (κ3) is 4.80. The van der Waals surface area contributed by atoms with E-state index in [1.165, 1.54) is 23.1 Å². The standard InChI is InChI=1S/C18H18N4OS2/c1-13-6-5-9-15(10-13)22(11-14-7-3-2-4-8-14)16(23)12-24-18-21-20-17(19)25-18/h2-10H,11-12H2,1H3,(H2,19,20). The SMILES string of the molecule is Cc1cccc(N(Cc2ccccc2)C(=O)CSc2nnc(N)s2)c1. The second-order valence-corrected chi connectivity index (χ2v) is 7.73. The Kier molecular flexibility index (Phi) is 5.67. The van der Waals surface area contributed by atoms with Crippen LogP contribution >= 0.6 is 23.1 Å². The molecule has 0 atom stereocenters. The Bertz CT molecular complexity index is 851. The molecule has 3 aromatic rings. The van der Waals surface area contributed by atoms with E-state index in [0.29, 0.717) is 16.0 Å². The summed E-state index contributed by atoms with van der Waals surface area (Å²) in [5.41, 5.74) is 8.69. The summed E-state index contributed by atoms with van der Waals surface area (Å²) in [6.45, 7) is 2.55. The number of carbonyl (C=O) groups is 1. The van der Waals surface area contributed by atoms with Crippen molar-refractivity contribution < 1.29 is 4.79 Å². The number of hydrogen-bond acceptors (Lipinski definition) is 6. The highest BCUT2D eigenvalue weighted by Gasteiger charge is 2.17. The molecule has 0 saturated carbocycles. The molecule has 25 heavy (non-hydrogen) atoms. The van der Waals surface area contributed by atoms with Crippen LogP contribution in [0.3, 0.4) is 0 Å². The van der Waals surface area contributed by atoms with Gasteiger partial charge in [-0.15, -0.1) is 10.2 Å². The summed E-state index contributed by atoms with van der Waals surface area (Å²) in [5.74, 6) is 0.309. The minimum atomic E-state index is 0.0215. The number of benzene rings is 2. The summed E-state index contributed by atoms with van der Waals surface area (Å²) in [6, 6.07) is 17.9. The van der Waals surface area contributed by atoms with Crippen LogP contribution in [0.5, 0.6) is 0 Å². The van der Waals surface area contributed by atoms with Gasteiger partial charge in [0.2, 0.25) is 11.0 Å². The lowest BCUT2D eigenvalue weighted by molar-refractivity contribution is -0.116. The fourth-order valence-electron chi connectivity index (χ4n) is 2.37. The van der Waals surface area contributed by atoms with Crippen molar-refractivity contribution in [2.45, 2.75) is 17.8 Å². The third-order valence-corrected chi connectivity index (χ3v) is 5.41. The number of amides is 1. The molecule has 3 rings (SSSR count). The predicted molar refractivity (Wildman–Crippen MR) is 104 cm³/mol. The van der Waals surface area contributed by atoms with Crippen LogP contribution in [-0.4, -0.2) is 21.9 Å². The zero-order chi connectivity index (χ0) is 17.6. The van der Waals surface area contributed by atoms with Crippen molar-refractivity contribution in [3.8, 4) is 0 Å². The molecule has 1 aromatic heterocycles. The van der Waals surface area contributed by atoms with Crippen molar-refractivity contribution in [1.29, 1.82) is 0 Å². The molecule has 1 heterocycles. The molecule has 0 aliphatic heterocycles. The number of nitrogens with zero attached hydrogens (tertiary/aromatic N) is 3. The number of rotatable bonds is 6. The van der Waals surface area contributed by atoms with E-state index in [9.17, 15) is 4.79 Å². The Morgan fingerprint density at radius 1 is 1.16 bits per heavy atom. The molecule has 0 unspecified atom stereocenters. The van der Waals surface area contributed by atoms with Crippen LogP contribution in [0, 0.1) is 6.92 Å². The molecule has 0 bridgehead atoms. The molecule has 0 aliphatic carbocycles. The Morgan fingerprint density at radius 2 is 1.96 bits per heavy atom. The number of aromatic nitrogens is 2. The van der Waals surface area contributed by atoms with Crippen LogP contribution in [0.2, 0.25) is 0 Å². The molecule has 0 aliphatic rings. The summed E-state index contributed by atoms with van der Waals surface area (Å²) in [7, 11) is 0. The summed E-state index contributed by atoms with van der Waals surface area (Å²) < 4.78 is 0.703. The number of hydrogen-bond donors (Lipinski definition) is 1. The van der Waals surface area contributed by atoms with E-state index in [1.807, 2.05) is 61.5 Å². The van der Waals surface area contributed by atoms with E-state index in [2.05, 4.69) is 10.2 Å². The Hall–Kier alpha value is -2.38. The lowest BCUT2D eigenvalue weighted by atomic mass is 10.1. The van der Waals surface area contributed by atoms with Gasteiger partial charge in [-0.1, -0.05) is 65.6 Å². The van der Waals surface area contributed by atoms with Gasteiger partial charge in [-0.2, -0.15) is 0 Å². The van der Waals surface area contributed by atoms with E-state index in [0.717, 1.165) is 16.8 Å². The molecule has 7 heteroatoms. The average molecular weight is 371 g/mol. The molecule has 0 radical (unpaired) electrons. The number of thioether (sulfide) groups is 1. The second-order valence-electron chi connectivity index (χ2n) is 5.50. The normalized spacial score (nSPS) is 10.6. The van der Waals surface area contributed by atoms with Gasteiger partial charge in [-0.25, -0.2) is 0 Å². The molecule has 0 fully saturated rings. The van der Waals surface area contributed by atoms with Gasteiger partial charge in [0, 0.05) is 5.69 Å². The molecule has 128 valence electrons. The summed E-state index contributed by atoms with van der Waals surface area (Å²) in [6.07, 6.45) is 0. The number of nitrogens with two attached hydrogens (primary N) is 1. The fraction of sp³-hybridized carbons (Fsp3) is 0.167. The van der Waals surface area contributed by atoms with Crippen LogP contribution in [0.25, 0.3) is 0 Å². The average Bonchev–Trinajstić information content (AvgIpc) is 3.04. The van der Waals surface area contributed by atoms with E-state index >= 15 is 0 Å². The monoisotopic (exact) mass is 370 g/mol. The number of anilines is 2. The first kappa shape index (κ1) is 17.4. The zero-order valence-corrected chi connectivity index (χ0v) is 15.4. The van der Waals surface area contributed by atoms with E-state index in [-0.39, 0.29) is 11.7 Å². The van der Waals surface area contributed by atoms with Crippen molar-refractivity contribution in [1.82, 2.24) is 10.2 Å². The van der Waals surface area contributed by atoms with Crippen LogP contribution in [0.1, 0.15) is 11.1 Å². The molecule has 5 nitrogen and oxygen atoms in total. The molecule has 2 aromatic carbocycles. The fourth-order valence-corrected chi connectivity index (χ4v) is 3.88. The van der Waals surface area contributed by atoms with Crippen molar-refractivity contribution >= 4 is 39.8 Å². The lowest BCUT2D eigenvalue weighted by Crippen LogP contribution is -2.32. The van der Waals surface area contributed by atoms with Gasteiger partial charge in [0.1, 0.15) is 0 Å². The van der Waals surface area contributed by atoms with Gasteiger partial charge in [0.05, 0.1) is 12.3 Å². The lowest BCUT2D eigenvalue weighted by Gasteiger charge is -2.23. The maximum Gasteiger partial charge on any atom is 0.237 e. The highest BCUT2D eigenvalue weighted by atomic mass is 32.2. The molecule has 1 amide bonds. The number of nitrogen functional groups attached to an aromatic ring is 1. The van der Waals surface area contributed by atoms with Gasteiger partial charge < -0.3 is 10.6 Å². The zero-order valence-electron chi connectivity index (χ0n) is 13.8. The maximum atomic E-state index is 12.9. The summed E-state index contributed by atoms with van der Waals surface area (Å²) in [4.78, 5) is 14.7. The highest BCUT2D eigenvalue weighted by molar-refractivity contribution is 8.01. The van der Waals surface area contributed by atoms with Gasteiger partial charge in [-0.05, 0) is 30.2 Å². The van der Waals surface area contributed by atoms with Crippen LogP contribution < -0.4 is 10.6 Å². The highest BCUT2D eigenvalue weighted by Crippen LogP contribution is 2.26. The second kappa shape index (κ2) is 8.13. The summed E-state index contributed by atoms with van der Waals surface area (Å²) >= 11 is 2.65. The van der Waals surface area contributed by atoms with Crippen molar-refractivity contribution in [3.05, 3.63) is 65.7 Å². The number of aryl methyl sites for hydroxylation is 1. The molecular weight excluding hydrogens is 352 g/mol. The van der Waals surface area contributed by atoms with Crippen molar-refractivity contribution in [2.24, 2.45) is 0 Å². The van der Waals surface area contributed by atoms with E-state index < -0.39 is 0 Å². The molecule has 0 saturated heterocycles. The van der Waals surface area contributed by atoms with Gasteiger partial charge >= 0.3 is 0 Å². The Balaban J connectivity index is 1.78. The van der Waals surface area contributed by atoms with Crippen LogP contribution in [-0.2, 0) is 11.3 Å². The van der Waals surface area contributed by atoms with Crippen molar-refractivity contribution in [3.63, 3.8) is 0 Å². The van der Waals surface area contributed by atoms with Gasteiger partial charge in [0.15, 0.2) is 4.34 Å². The van der Waals surface area contributed by atoms with E-state index in [4.69, 9.17) is 5.73 Å².